The molecule has 5 nitrogen and oxygen atoms in total. The molecule has 1 atom stereocenters. The Kier molecular flexibility index (Phi) is 3.85. The van der Waals surface area contributed by atoms with Crippen molar-refractivity contribution in [3.8, 4) is 0 Å². The molecule has 1 aromatic rings. The van der Waals surface area contributed by atoms with E-state index in [1.807, 2.05) is 30.3 Å². The largest absolute Gasteiger partial charge is 0.479 e. The molecule has 3 N–H and O–H groups in total. The minimum atomic E-state index is -1.56. The van der Waals surface area contributed by atoms with E-state index in [1.54, 1.807) is 0 Å². The van der Waals surface area contributed by atoms with E-state index in [1.165, 1.54) is 0 Å². The molecule has 0 radical (unpaired) electrons. The second kappa shape index (κ2) is 5.40. The molecule has 0 heterocycles. The minimum absolute atomic E-state index is 0.203. The van der Waals surface area contributed by atoms with Crippen LogP contribution in [0.5, 0.6) is 0 Å². The van der Waals surface area contributed by atoms with Gasteiger partial charge in [0.2, 0.25) is 5.91 Å². The predicted molar refractivity (Wildman–Crippen MR) is 68.6 cm³/mol. The summed E-state index contributed by atoms with van der Waals surface area (Å²) in [5.41, 5.74) is 0.392. The van der Waals surface area contributed by atoms with Crippen molar-refractivity contribution in [1.82, 2.24) is 5.32 Å². The molecule has 1 aliphatic rings. The molecule has 102 valence electrons. The van der Waals surface area contributed by atoms with Crippen LogP contribution in [0.1, 0.15) is 24.8 Å². The lowest BCUT2D eigenvalue weighted by Gasteiger charge is -2.40. The summed E-state index contributed by atoms with van der Waals surface area (Å²) in [5.74, 6) is -1.53. The van der Waals surface area contributed by atoms with Crippen LogP contribution in [-0.2, 0) is 15.0 Å². The van der Waals surface area contributed by atoms with Crippen LogP contribution >= 0.6 is 0 Å². The molecule has 0 aromatic heterocycles. The second-order valence-electron chi connectivity index (χ2n) is 4.87. The maximum Gasteiger partial charge on any atom is 0.334 e. The summed E-state index contributed by atoms with van der Waals surface area (Å²) in [6, 6.07) is 9.48. The maximum absolute atomic E-state index is 12.3. The van der Waals surface area contributed by atoms with Crippen LogP contribution in [0.4, 0.5) is 0 Å². The average molecular weight is 263 g/mol. The summed E-state index contributed by atoms with van der Waals surface area (Å²) in [7, 11) is 0. The lowest BCUT2D eigenvalue weighted by Crippen LogP contribution is -2.51. The van der Waals surface area contributed by atoms with Gasteiger partial charge in [-0.05, 0) is 18.4 Å². The average Bonchev–Trinajstić information content (AvgIpc) is 2.35. The van der Waals surface area contributed by atoms with Crippen LogP contribution in [0.25, 0.3) is 0 Å². The first-order valence-corrected chi connectivity index (χ1v) is 6.31. The molecule has 2 rings (SSSR count). The molecule has 0 unspecified atom stereocenters. The summed E-state index contributed by atoms with van der Waals surface area (Å²) in [6.45, 7) is -0.261. The number of amides is 1. The normalized spacial score (nSPS) is 18.2. The highest BCUT2D eigenvalue weighted by atomic mass is 16.4. The number of nitrogens with one attached hydrogen (secondary N) is 1. The van der Waals surface area contributed by atoms with Gasteiger partial charge in [0.25, 0.3) is 0 Å². The number of benzene rings is 1. The molecule has 0 saturated heterocycles. The van der Waals surface area contributed by atoms with Crippen LogP contribution < -0.4 is 5.32 Å². The Morgan fingerprint density at radius 1 is 1.26 bits per heavy atom. The lowest BCUT2D eigenvalue weighted by atomic mass is 9.64. The molecular weight excluding hydrogens is 246 g/mol. The molecule has 5 heteroatoms. The Bertz CT molecular complexity index is 468. The van der Waals surface area contributed by atoms with E-state index >= 15 is 0 Å². The van der Waals surface area contributed by atoms with Gasteiger partial charge < -0.3 is 15.5 Å². The van der Waals surface area contributed by atoms with Gasteiger partial charge in [-0.15, -0.1) is 0 Å². The van der Waals surface area contributed by atoms with Gasteiger partial charge >= 0.3 is 5.97 Å². The third-order valence-corrected chi connectivity index (χ3v) is 3.71. The van der Waals surface area contributed by atoms with Crippen molar-refractivity contribution < 1.29 is 19.8 Å². The van der Waals surface area contributed by atoms with E-state index in [0.717, 1.165) is 24.8 Å². The highest BCUT2D eigenvalue weighted by Crippen LogP contribution is 2.43. The number of carbonyl (C=O) groups excluding carboxylic acids is 1. The molecule has 1 aliphatic carbocycles. The number of carboxylic acids is 1. The Hall–Kier alpha value is -1.88. The standard InChI is InChI=1S/C14H17NO4/c16-11(12(17)18)9-15-13(19)14(7-4-8-14)10-5-2-1-3-6-10/h1-3,5-6,11,16H,4,7-9H2,(H,15,19)(H,17,18)/t11-/m0/s1. The van der Waals surface area contributed by atoms with Gasteiger partial charge in [0, 0.05) is 0 Å². The fraction of sp³-hybridized carbons (Fsp3) is 0.429. The smallest absolute Gasteiger partial charge is 0.334 e. The van der Waals surface area contributed by atoms with E-state index < -0.39 is 17.5 Å². The summed E-state index contributed by atoms with van der Waals surface area (Å²) < 4.78 is 0. The number of hydrogen-bond donors (Lipinski definition) is 3. The maximum atomic E-state index is 12.3. The Morgan fingerprint density at radius 2 is 1.89 bits per heavy atom. The lowest BCUT2D eigenvalue weighted by molar-refractivity contribution is -0.146. The first kappa shape index (κ1) is 13.5. The van der Waals surface area contributed by atoms with Gasteiger partial charge in [-0.3, -0.25) is 4.79 Å². The number of aliphatic hydroxyl groups excluding tert-OH is 1. The molecule has 19 heavy (non-hydrogen) atoms. The minimum Gasteiger partial charge on any atom is -0.479 e. The van der Waals surface area contributed by atoms with Gasteiger partial charge in [0.1, 0.15) is 0 Å². The van der Waals surface area contributed by atoms with Crippen molar-refractivity contribution >= 4 is 11.9 Å². The van der Waals surface area contributed by atoms with Gasteiger partial charge in [0.05, 0.1) is 12.0 Å². The fourth-order valence-corrected chi connectivity index (χ4v) is 2.38. The number of aliphatic hydroxyl groups is 1. The zero-order valence-electron chi connectivity index (χ0n) is 10.5. The van der Waals surface area contributed by atoms with Crippen molar-refractivity contribution in [1.29, 1.82) is 0 Å². The molecule has 1 aromatic carbocycles. The van der Waals surface area contributed by atoms with Crippen molar-refractivity contribution in [2.75, 3.05) is 6.54 Å². The number of carbonyl (C=O) groups is 2. The first-order valence-electron chi connectivity index (χ1n) is 6.31. The molecule has 0 bridgehead atoms. The summed E-state index contributed by atoms with van der Waals surface area (Å²) in [6.07, 6.45) is 0.929. The van der Waals surface area contributed by atoms with Gasteiger partial charge in [-0.25, -0.2) is 4.79 Å². The van der Waals surface area contributed by atoms with Crippen LogP contribution in [0.2, 0.25) is 0 Å². The van der Waals surface area contributed by atoms with Crippen molar-refractivity contribution in [2.45, 2.75) is 30.8 Å². The number of hydrogen-bond acceptors (Lipinski definition) is 3. The van der Waals surface area contributed by atoms with Gasteiger partial charge in [-0.2, -0.15) is 0 Å². The fourth-order valence-electron chi connectivity index (χ4n) is 2.38. The summed E-state index contributed by atoms with van der Waals surface area (Å²) >= 11 is 0. The third-order valence-electron chi connectivity index (χ3n) is 3.71. The van der Waals surface area contributed by atoms with E-state index in [2.05, 4.69) is 5.32 Å². The van der Waals surface area contributed by atoms with Crippen LogP contribution in [-0.4, -0.2) is 34.7 Å². The zero-order chi connectivity index (χ0) is 13.9. The Labute approximate surface area is 111 Å². The van der Waals surface area contributed by atoms with Crippen LogP contribution in [0.3, 0.4) is 0 Å². The van der Waals surface area contributed by atoms with E-state index in [-0.39, 0.29) is 12.5 Å². The van der Waals surface area contributed by atoms with E-state index in [0.29, 0.717) is 0 Å². The molecule has 1 amide bonds. The Morgan fingerprint density at radius 3 is 2.37 bits per heavy atom. The first-order chi connectivity index (χ1) is 9.06. The zero-order valence-corrected chi connectivity index (χ0v) is 10.5. The topological polar surface area (TPSA) is 86.6 Å². The predicted octanol–water partition coefficient (Wildman–Crippen LogP) is 0.670. The quantitative estimate of drug-likeness (QED) is 0.728. The van der Waals surface area contributed by atoms with Crippen molar-refractivity contribution in [3.63, 3.8) is 0 Å². The van der Waals surface area contributed by atoms with Crippen molar-refractivity contribution in [3.05, 3.63) is 35.9 Å². The van der Waals surface area contributed by atoms with Gasteiger partial charge in [-0.1, -0.05) is 36.8 Å². The second-order valence-corrected chi connectivity index (χ2v) is 4.87. The summed E-state index contributed by atoms with van der Waals surface area (Å²) in [4.78, 5) is 22.8. The Balaban J connectivity index is 2.06. The molecular formula is C14H17NO4. The highest BCUT2D eigenvalue weighted by Gasteiger charge is 2.45. The number of carboxylic acid groups (broad SMARTS) is 1. The molecule has 0 aliphatic heterocycles. The van der Waals surface area contributed by atoms with Crippen LogP contribution in [0.15, 0.2) is 30.3 Å². The third kappa shape index (κ3) is 2.61. The SMILES string of the molecule is O=C(O)[C@@H](O)CNC(=O)C1(c2ccccc2)CCC1. The monoisotopic (exact) mass is 263 g/mol. The van der Waals surface area contributed by atoms with Gasteiger partial charge in [0.15, 0.2) is 6.10 Å². The highest BCUT2D eigenvalue weighted by molar-refractivity contribution is 5.89. The van der Waals surface area contributed by atoms with E-state index in [4.69, 9.17) is 5.11 Å². The molecule has 0 spiro atoms. The van der Waals surface area contributed by atoms with Crippen LogP contribution in [0, 0.1) is 0 Å². The van der Waals surface area contributed by atoms with E-state index in [9.17, 15) is 14.7 Å². The van der Waals surface area contributed by atoms with Crippen molar-refractivity contribution in [2.24, 2.45) is 0 Å². The number of aliphatic carboxylic acids is 1. The molecule has 1 saturated carbocycles. The number of rotatable bonds is 5. The summed E-state index contributed by atoms with van der Waals surface area (Å²) in [5, 5.41) is 20.3. The molecule has 1 fully saturated rings.